The predicted octanol–water partition coefficient (Wildman–Crippen LogP) is 1.91. The lowest BCUT2D eigenvalue weighted by atomic mass is 9.90. The zero-order chi connectivity index (χ0) is 15.5. The Labute approximate surface area is 125 Å². The number of nitrogens with zero attached hydrogens (tertiary/aromatic N) is 1. The molecule has 1 fully saturated rings. The second-order valence-electron chi connectivity index (χ2n) is 5.63. The normalized spacial score (nSPS) is 25.6. The molecule has 112 valence electrons. The van der Waals surface area contributed by atoms with Crippen molar-refractivity contribution in [2.45, 2.75) is 38.3 Å². The minimum atomic E-state index is -0.812. The van der Waals surface area contributed by atoms with Crippen molar-refractivity contribution in [1.82, 2.24) is 10.2 Å². The summed E-state index contributed by atoms with van der Waals surface area (Å²) in [5.74, 6) is -0.130. The third-order valence-electron chi connectivity index (χ3n) is 4.12. The molecule has 1 heterocycles. The van der Waals surface area contributed by atoms with E-state index in [0.29, 0.717) is 19.4 Å². The number of rotatable bonds is 5. The summed E-state index contributed by atoms with van der Waals surface area (Å²) in [6, 6.07) is 9.27. The molecule has 1 saturated heterocycles. The number of carbonyl (C=O) groups excluding carboxylic acids is 2. The van der Waals surface area contributed by atoms with Crippen LogP contribution in [0.4, 0.5) is 0 Å². The smallest absolute Gasteiger partial charge is 0.249 e. The van der Waals surface area contributed by atoms with Crippen LogP contribution in [0.25, 0.3) is 0 Å². The van der Waals surface area contributed by atoms with Crippen LogP contribution in [0.2, 0.25) is 0 Å². The van der Waals surface area contributed by atoms with Crippen LogP contribution < -0.4 is 5.32 Å². The van der Waals surface area contributed by atoms with Gasteiger partial charge in [0.15, 0.2) is 0 Å². The quantitative estimate of drug-likeness (QED) is 0.841. The van der Waals surface area contributed by atoms with Crippen LogP contribution in [0.3, 0.4) is 0 Å². The van der Waals surface area contributed by atoms with Gasteiger partial charge in [-0.15, -0.1) is 6.58 Å². The minimum Gasteiger partial charge on any atom is -0.340 e. The highest BCUT2D eigenvalue weighted by Crippen LogP contribution is 2.23. The number of hydrogen-bond donors (Lipinski definition) is 1. The summed E-state index contributed by atoms with van der Waals surface area (Å²) >= 11 is 0. The van der Waals surface area contributed by atoms with E-state index in [1.165, 1.54) is 0 Å². The average molecular weight is 286 g/mol. The van der Waals surface area contributed by atoms with E-state index in [2.05, 4.69) is 11.9 Å². The summed E-state index contributed by atoms with van der Waals surface area (Å²) in [5.41, 5.74) is 0.229. The van der Waals surface area contributed by atoms with E-state index in [1.807, 2.05) is 37.3 Å². The Kier molecular flexibility index (Phi) is 4.46. The maximum atomic E-state index is 12.7. The van der Waals surface area contributed by atoms with Crippen molar-refractivity contribution in [3.63, 3.8) is 0 Å². The molecule has 0 radical (unpaired) electrons. The van der Waals surface area contributed by atoms with Crippen molar-refractivity contribution in [2.75, 3.05) is 6.54 Å². The van der Waals surface area contributed by atoms with E-state index in [4.69, 9.17) is 0 Å². The Morgan fingerprint density at radius 3 is 2.57 bits per heavy atom. The molecular weight excluding hydrogens is 264 g/mol. The molecule has 0 spiro atoms. The predicted molar refractivity (Wildman–Crippen MR) is 82.7 cm³/mol. The number of piperazine rings is 1. The van der Waals surface area contributed by atoms with Crippen LogP contribution >= 0.6 is 0 Å². The zero-order valence-corrected chi connectivity index (χ0v) is 12.6. The van der Waals surface area contributed by atoms with Crippen LogP contribution in [-0.2, 0) is 16.0 Å². The number of amides is 2. The maximum Gasteiger partial charge on any atom is 0.249 e. The largest absolute Gasteiger partial charge is 0.340 e. The van der Waals surface area contributed by atoms with Gasteiger partial charge in [0, 0.05) is 13.0 Å². The first-order chi connectivity index (χ1) is 10.0. The Bertz CT molecular complexity index is 541. The maximum absolute atomic E-state index is 12.7. The lowest BCUT2D eigenvalue weighted by molar-refractivity contribution is -0.153. The number of benzene rings is 1. The average Bonchev–Trinajstić information content (AvgIpc) is 2.49. The first-order valence-electron chi connectivity index (χ1n) is 7.29. The number of carbonyl (C=O) groups is 2. The fourth-order valence-corrected chi connectivity index (χ4v) is 2.64. The van der Waals surface area contributed by atoms with E-state index in [0.717, 1.165) is 5.56 Å². The van der Waals surface area contributed by atoms with Crippen molar-refractivity contribution in [3.05, 3.63) is 48.6 Å². The van der Waals surface area contributed by atoms with Crippen molar-refractivity contribution in [1.29, 1.82) is 0 Å². The molecule has 0 aliphatic carbocycles. The van der Waals surface area contributed by atoms with Gasteiger partial charge in [-0.05, 0) is 18.9 Å². The van der Waals surface area contributed by atoms with Crippen molar-refractivity contribution < 1.29 is 9.59 Å². The molecular formula is C17H22N2O2. The molecule has 2 amide bonds. The fourth-order valence-electron chi connectivity index (χ4n) is 2.64. The van der Waals surface area contributed by atoms with Crippen molar-refractivity contribution in [2.24, 2.45) is 0 Å². The van der Waals surface area contributed by atoms with Crippen LogP contribution in [0, 0.1) is 0 Å². The summed E-state index contributed by atoms with van der Waals surface area (Å²) < 4.78 is 0. The molecule has 21 heavy (non-hydrogen) atoms. The first kappa shape index (κ1) is 15.3. The Morgan fingerprint density at radius 2 is 2.00 bits per heavy atom. The van der Waals surface area contributed by atoms with Gasteiger partial charge < -0.3 is 10.2 Å². The van der Waals surface area contributed by atoms with Crippen molar-refractivity contribution in [3.8, 4) is 0 Å². The van der Waals surface area contributed by atoms with E-state index < -0.39 is 11.6 Å². The molecule has 0 aromatic heterocycles. The molecule has 0 bridgehead atoms. The van der Waals surface area contributed by atoms with E-state index >= 15 is 0 Å². The highest BCUT2D eigenvalue weighted by molar-refractivity contribution is 5.99. The summed E-state index contributed by atoms with van der Waals surface area (Å²) in [6.07, 6.45) is 2.76. The molecule has 1 N–H and O–H groups in total. The fraction of sp³-hybridized carbons (Fsp3) is 0.412. The van der Waals surface area contributed by atoms with Gasteiger partial charge >= 0.3 is 0 Å². The van der Waals surface area contributed by atoms with Gasteiger partial charge in [-0.3, -0.25) is 9.59 Å². The third-order valence-corrected chi connectivity index (χ3v) is 4.12. The molecule has 2 atom stereocenters. The molecule has 4 heteroatoms. The SMILES string of the molecule is C=CCN1C(=O)C(C)(CC)NC(=O)C1Cc1ccccc1. The summed E-state index contributed by atoms with van der Waals surface area (Å²) in [4.78, 5) is 26.8. The Balaban J connectivity index is 2.28. The van der Waals surface area contributed by atoms with Gasteiger partial charge in [0.1, 0.15) is 11.6 Å². The minimum absolute atomic E-state index is 0.0366. The lowest BCUT2D eigenvalue weighted by Crippen LogP contribution is -2.69. The molecule has 4 nitrogen and oxygen atoms in total. The zero-order valence-electron chi connectivity index (χ0n) is 12.6. The second kappa shape index (κ2) is 6.12. The standard InChI is InChI=1S/C17H22N2O2/c1-4-11-19-14(12-13-9-7-6-8-10-13)15(20)18-17(3,5-2)16(19)21/h4,6-10,14H,1,5,11-12H2,2-3H3,(H,18,20). The molecule has 1 aromatic carbocycles. The monoisotopic (exact) mass is 286 g/mol. The number of hydrogen-bond acceptors (Lipinski definition) is 2. The molecule has 1 aliphatic heterocycles. The van der Waals surface area contributed by atoms with E-state index in [-0.39, 0.29) is 11.8 Å². The van der Waals surface area contributed by atoms with Gasteiger partial charge in [0.25, 0.3) is 0 Å². The molecule has 0 saturated carbocycles. The molecule has 1 aromatic rings. The highest BCUT2D eigenvalue weighted by Gasteiger charge is 2.46. The van der Waals surface area contributed by atoms with Gasteiger partial charge in [-0.2, -0.15) is 0 Å². The molecule has 2 rings (SSSR count). The first-order valence-corrected chi connectivity index (χ1v) is 7.29. The second-order valence-corrected chi connectivity index (χ2v) is 5.63. The lowest BCUT2D eigenvalue weighted by Gasteiger charge is -2.43. The van der Waals surface area contributed by atoms with Gasteiger partial charge in [0.2, 0.25) is 11.8 Å². The summed E-state index contributed by atoms with van der Waals surface area (Å²) in [6.45, 7) is 7.78. The number of nitrogens with one attached hydrogen (secondary N) is 1. The van der Waals surface area contributed by atoms with Gasteiger partial charge in [0.05, 0.1) is 0 Å². The van der Waals surface area contributed by atoms with Crippen LogP contribution in [0.1, 0.15) is 25.8 Å². The molecule has 1 aliphatic rings. The Morgan fingerprint density at radius 1 is 1.33 bits per heavy atom. The summed E-state index contributed by atoms with van der Waals surface area (Å²) in [7, 11) is 0. The highest BCUT2D eigenvalue weighted by atomic mass is 16.2. The van der Waals surface area contributed by atoms with Crippen molar-refractivity contribution >= 4 is 11.8 Å². The van der Waals surface area contributed by atoms with Crippen LogP contribution in [0.5, 0.6) is 0 Å². The summed E-state index contributed by atoms with van der Waals surface area (Å²) in [5, 5.41) is 2.89. The van der Waals surface area contributed by atoms with Crippen LogP contribution in [0.15, 0.2) is 43.0 Å². The van der Waals surface area contributed by atoms with Crippen LogP contribution in [-0.4, -0.2) is 34.8 Å². The Hall–Kier alpha value is -2.10. The van der Waals surface area contributed by atoms with Gasteiger partial charge in [-0.25, -0.2) is 0 Å². The van der Waals surface area contributed by atoms with Gasteiger partial charge in [-0.1, -0.05) is 43.3 Å². The van der Waals surface area contributed by atoms with E-state index in [9.17, 15) is 9.59 Å². The van der Waals surface area contributed by atoms with E-state index in [1.54, 1.807) is 17.9 Å². The molecule has 2 unspecified atom stereocenters. The third kappa shape index (κ3) is 2.99. The topological polar surface area (TPSA) is 49.4 Å².